The van der Waals surface area contributed by atoms with Gasteiger partial charge in [-0.25, -0.2) is 4.79 Å². The second-order valence-corrected chi connectivity index (χ2v) is 5.23. The zero-order chi connectivity index (χ0) is 13.8. The summed E-state index contributed by atoms with van der Waals surface area (Å²) in [7, 11) is 1.48. The molecule has 1 saturated carbocycles. The SMILES string of the molecule is COc1cc(N)c(Cl)cc1C(=O)OCC1CCCC1. The van der Waals surface area contributed by atoms with E-state index in [9.17, 15) is 4.79 Å². The summed E-state index contributed by atoms with van der Waals surface area (Å²) in [5.74, 6) is 0.461. The van der Waals surface area contributed by atoms with Crippen molar-refractivity contribution in [1.82, 2.24) is 0 Å². The number of halogens is 1. The molecule has 0 aliphatic heterocycles. The minimum Gasteiger partial charge on any atom is -0.496 e. The van der Waals surface area contributed by atoms with E-state index in [2.05, 4.69) is 0 Å². The number of nitrogens with two attached hydrogens (primary N) is 1. The number of carbonyl (C=O) groups is 1. The summed E-state index contributed by atoms with van der Waals surface area (Å²) in [6.07, 6.45) is 4.71. The number of hydrogen-bond donors (Lipinski definition) is 1. The van der Waals surface area contributed by atoms with Crippen LogP contribution in [0.15, 0.2) is 12.1 Å². The van der Waals surface area contributed by atoms with Crippen molar-refractivity contribution in [3.05, 3.63) is 22.7 Å². The van der Waals surface area contributed by atoms with Gasteiger partial charge in [0.15, 0.2) is 0 Å². The molecule has 1 aromatic rings. The van der Waals surface area contributed by atoms with Crippen molar-refractivity contribution in [2.45, 2.75) is 25.7 Å². The number of anilines is 1. The Kier molecular flexibility index (Phi) is 4.53. The molecule has 2 N–H and O–H groups in total. The van der Waals surface area contributed by atoms with Gasteiger partial charge in [-0.1, -0.05) is 24.4 Å². The fraction of sp³-hybridized carbons (Fsp3) is 0.500. The highest BCUT2D eigenvalue weighted by Gasteiger charge is 2.20. The number of carbonyl (C=O) groups excluding carboxylic acids is 1. The first-order chi connectivity index (χ1) is 9.11. The first-order valence-electron chi connectivity index (χ1n) is 6.42. The number of nitrogen functional groups attached to an aromatic ring is 1. The number of methoxy groups -OCH3 is 1. The predicted octanol–water partition coefficient (Wildman–Crippen LogP) is 3.28. The van der Waals surface area contributed by atoms with Crippen molar-refractivity contribution >= 4 is 23.3 Å². The van der Waals surface area contributed by atoms with Gasteiger partial charge in [0.25, 0.3) is 0 Å². The maximum atomic E-state index is 12.0. The molecule has 0 bridgehead atoms. The molecule has 0 amide bonds. The number of rotatable bonds is 4. The van der Waals surface area contributed by atoms with Crippen molar-refractivity contribution in [3.63, 3.8) is 0 Å². The fourth-order valence-electron chi connectivity index (χ4n) is 2.35. The van der Waals surface area contributed by atoms with E-state index < -0.39 is 5.97 Å². The van der Waals surface area contributed by atoms with Crippen molar-refractivity contribution < 1.29 is 14.3 Å². The number of esters is 1. The van der Waals surface area contributed by atoms with Gasteiger partial charge in [0, 0.05) is 6.07 Å². The van der Waals surface area contributed by atoms with Crippen molar-refractivity contribution in [2.24, 2.45) is 5.92 Å². The summed E-state index contributed by atoms with van der Waals surface area (Å²) >= 11 is 5.93. The summed E-state index contributed by atoms with van der Waals surface area (Å²) in [6.45, 7) is 0.462. The van der Waals surface area contributed by atoms with Gasteiger partial charge in [0.05, 0.1) is 24.4 Å². The molecule has 5 heteroatoms. The van der Waals surface area contributed by atoms with Crippen LogP contribution < -0.4 is 10.5 Å². The number of ether oxygens (including phenoxy) is 2. The van der Waals surface area contributed by atoms with Crippen LogP contribution >= 0.6 is 11.6 Å². The van der Waals surface area contributed by atoms with Gasteiger partial charge >= 0.3 is 5.97 Å². The standard InChI is InChI=1S/C14H18ClNO3/c1-18-13-7-12(16)11(15)6-10(13)14(17)19-8-9-4-2-3-5-9/h6-7,9H,2-5,8,16H2,1H3. The Bertz CT molecular complexity index is 470. The average molecular weight is 284 g/mol. The molecule has 2 rings (SSSR count). The Labute approximate surface area is 117 Å². The second-order valence-electron chi connectivity index (χ2n) is 4.82. The molecular weight excluding hydrogens is 266 g/mol. The van der Waals surface area contributed by atoms with Crippen molar-refractivity contribution in [3.8, 4) is 5.75 Å². The smallest absolute Gasteiger partial charge is 0.341 e. The summed E-state index contributed by atoms with van der Waals surface area (Å²) in [5, 5.41) is 0.327. The van der Waals surface area contributed by atoms with Crippen LogP contribution in [0.25, 0.3) is 0 Å². The van der Waals surface area contributed by atoms with Crippen LogP contribution in [0.2, 0.25) is 5.02 Å². The topological polar surface area (TPSA) is 61.5 Å². The highest BCUT2D eigenvalue weighted by atomic mass is 35.5. The third kappa shape index (κ3) is 3.32. The molecule has 104 valence electrons. The van der Waals surface area contributed by atoms with E-state index in [0.717, 1.165) is 12.8 Å². The lowest BCUT2D eigenvalue weighted by molar-refractivity contribution is 0.0439. The molecule has 19 heavy (non-hydrogen) atoms. The Morgan fingerprint density at radius 3 is 2.74 bits per heavy atom. The van der Waals surface area contributed by atoms with E-state index in [1.165, 1.54) is 32.1 Å². The molecule has 0 aromatic heterocycles. The molecule has 0 radical (unpaired) electrons. The van der Waals surface area contributed by atoms with Crippen molar-refractivity contribution in [1.29, 1.82) is 0 Å². The largest absolute Gasteiger partial charge is 0.496 e. The maximum Gasteiger partial charge on any atom is 0.341 e. The molecule has 1 aliphatic rings. The van der Waals surface area contributed by atoms with Gasteiger partial charge in [-0.05, 0) is 24.8 Å². The molecule has 1 aromatic carbocycles. The number of benzene rings is 1. The van der Waals surface area contributed by atoms with Crippen LogP contribution in [0.5, 0.6) is 5.75 Å². The first-order valence-corrected chi connectivity index (χ1v) is 6.79. The van der Waals surface area contributed by atoms with Gasteiger partial charge in [-0.2, -0.15) is 0 Å². The third-order valence-corrected chi connectivity index (χ3v) is 3.79. The molecular formula is C14H18ClNO3. The van der Waals surface area contributed by atoms with E-state index in [-0.39, 0.29) is 0 Å². The summed E-state index contributed by atoms with van der Waals surface area (Å²) in [4.78, 5) is 12.0. The molecule has 0 unspecified atom stereocenters. The lowest BCUT2D eigenvalue weighted by Gasteiger charge is -2.13. The van der Waals surface area contributed by atoms with E-state index in [1.54, 1.807) is 0 Å². The highest BCUT2D eigenvalue weighted by molar-refractivity contribution is 6.33. The molecule has 0 saturated heterocycles. The van der Waals surface area contributed by atoms with Crippen LogP contribution in [-0.2, 0) is 4.74 Å². The summed E-state index contributed by atoms with van der Waals surface area (Å²) in [5.41, 5.74) is 6.37. The van der Waals surface area contributed by atoms with E-state index in [1.807, 2.05) is 0 Å². The molecule has 1 aliphatic carbocycles. The monoisotopic (exact) mass is 283 g/mol. The van der Waals surface area contributed by atoms with Gasteiger partial charge in [0.1, 0.15) is 11.3 Å². The Morgan fingerprint density at radius 2 is 2.11 bits per heavy atom. The quantitative estimate of drug-likeness (QED) is 0.680. The molecule has 0 atom stereocenters. The Morgan fingerprint density at radius 1 is 1.42 bits per heavy atom. The van der Waals surface area contributed by atoms with Crippen LogP contribution in [0.4, 0.5) is 5.69 Å². The summed E-state index contributed by atoms with van der Waals surface area (Å²) in [6, 6.07) is 3.03. The number of hydrogen-bond acceptors (Lipinski definition) is 4. The van der Waals surface area contributed by atoms with Crippen molar-refractivity contribution in [2.75, 3.05) is 19.5 Å². The van der Waals surface area contributed by atoms with E-state index >= 15 is 0 Å². The second kappa shape index (κ2) is 6.15. The summed E-state index contributed by atoms with van der Waals surface area (Å²) < 4.78 is 10.5. The van der Waals surface area contributed by atoms with E-state index in [0.29, 0.717) is 34.5 Å². The lowest BCUT2D eigenvalue weighted by Crippen LogP contribution is -2.13. The molecule has 0 spiro atoms. The van der Waals surface area contributed by atoms with Crippen LogP contribution in [-0.4, -0.2) is 19.7 Å². The lowest BCUT2D eigenvalue weighted by atomic mass is 10.1. The van der Waals surface area contributed by atoms with Gasteiger partial charge < -0.3 is 15.2 Å². The first kappa shape index (κ1) is 14.0. The third-order valence-electron chi connectivity index (χ3n) is 3.46. The zero-order valence-electron chi connectivity index (χ0n) is 10.9. The maximum absolute atomic E-state index is 12.0. The minimum atomic E-state index is -0.411. The van der Waals surface area contributed by atoms with E-state index in [4.69, 9.17) is 26.8 Å². The zero-order valence-corrected chi connectivity index (χ0v) is 11.7. The van der Waals surface area contributed by atoms with Crippen LogP contribution in [0.3, 0.4) is 0 Å². The Balaban J connectivity index is 2.07. The van der Waals surface area contributed by atoms with Crippen LogP contribution in [0, 0.1) is 5.92 Å². The molecule has 0 heterocycles. The van der Waals surface area contributed by atoms with Gasteiger partial charge in [0.2, 0.25) is 0 Å². The van der Waals surface area contributed by atoms with Gasteiger partial charge in [-0.3, -0.25) is 0 Å². The fourth-order valence-corrected chi connectivity index (χ4v) is 2.51. The molecule has 1 fully saturated rings. The Hall–Kier alpha value is -1.42. The van der Waals surface area contributed by atoms with Gasteiger partial charge in [-0.15, -0.1) is 0 Å². The average Bonchev–Trinajstić information content (AvgIpc) is 2.91. The normalized spacial score (nSPS) is 15.5. The molecule has 4 nitrogen and oxygen atoms in total. The minimum absolute atomic E-state index is 0.319. The highest BCUT2D eigenvalue weighted by Crippen LogP contribution is 2.30. The predicted molar refractivity (Wildman–Crippen MR) is 74.7 cm³/mol. The van der Waals surface area contributed by atoms with Crippen LogP contribution in [0.1, 0.15) is 36.0 Å².